The molecule has 0 radical (unpaired) electrons. The number of aryl methyl sites for hydroxylation is 1. The van der Waals surface area contributed by atoms with Crippen LogP contribution in [0.5, 0.6) is 0 Å². The molecular formula is C14H24N2O. The van der Waals surface area contributed by atoms with Crippen LogP contribution < -0.4 is 11.3 Å². The molecule has 1 aromatic carbocycles. The summed E-state index contributed by atoms with van der Waals surface area (Å²) in [5, 5.41) is 0. The van der Waals surface area contributed by atoms with E-state index in [4.69, 9.17) is 10.6 Å². The predicted octanol–water partition coefficient (Wildman–Crippen LogP) is 2.04. The van der Waals surface area contributed by atoms with Crippen molar-refractivity contribution in [2.45, 2.75) is 32.7 Å². The molecule has 0 bridgehead atoms. The van der Waals surface area contributed by atoms with E-state index in [1.54, 1.807) is 7.11 Å². The standard InChI is InChI=1S/C14H24N2O/c1-11-5-4-6-13(9-11)10-14(16-15)12(2)7-8-17-3/h4-6,9,12,14,16H,7-8,10,15H2,1-3H3. The van der Waals surface area contributed by atoms with E-state index < -0.39 is 0 Å². The van der Waals surface area contributed by atoms with Crippen molar-refractivity contribution in [3.05, 3.63) is 35.4 Å². The third kappa shape index (κ3) is 4.86. The van der Waals surface area contributed by atoms with Crippen LogP contribution in [0.4, 0.5) is 0 Å². The summed E-state index contributed by atoms with van der Waals surface area (Å²) in [6.07, 6.45) is 1.99. The van der Waals surface area contributed by atoms with Crippen LogP contribution in [0.2, 0.25) is 0 Å². The number of hydrazine groups is 1. The molecule has 1 aromatic rings. The molecule has 0 aliphatic carbocycles. The van der Waals surface area contributed by atoms with Gasteiger partial charge >= 0.3 is 0 Å². The Kier molecular flexibility index (Phi) is 6.19. The first-order valence-corrected chi connectivity index (χ1v) is 6.18. The lowest BCUT2D eigenvalue weighted by Gasteiger charge is -2.23. The lowest BCUT2D eigenvalue weighted by atomic mass is 9.93. The molecule has 3 N–H and O–H groups in total. The van der Waals surface area contributed by atoms with Crippen LogP contribution in [0, 0.1) is 12.8 Å². The van der Waals surface area contributed by atoms with Gasteiger partial charge in [0.2, 0.25) is 0 Å². The van der Waals surface area contributed by atoms with Crippen molar-refractivity contribution in [1.82, 2.24) is 5.43 Å². The van der Waals surface area contributed by atoms with Crippen LogP contribution in [0.1, 0.15) is 24.5 Å². The summed E-state index contributed by atoms with van der Waals surface area (Å²) >= 11 is 0. The Labute approximate surface area is 104 Å². The first kappa shape index (κ1) is 14.2. The number of nitrogens with one attached hydrogen (secondary N) is 1. The topological polar surface area (TPSA) is 47.3 Å². The average Bonchev–Trinajstić information content (AvgIpc) is 2.33. The van der Waals surface area contributed by atoms with Gasteiger partial charge in [-0.3, -0.25) is 11.3 Å². The fraction of sp³-hybridized carbons (Fsp3) is 0.571. The second-order valence-electron chi connectivity index (χ2n) is 4.73. The van der Waals surface area contributed by atoms with E-state index in [0.29, 0.717) is 12.0 Å². The second-order valence-corrected chi connectivity index (χ2v) is 4.73. The van der Waals surface area contributed by atoms with Crippen molar-refractivity contribution in [3.8, 4) is 0 Å². The zero-order chi connectivity index (χ0) is 12.7. The Morgan fingerprint density at radius 3 is 2.76 bits per heavy atom. The van der Waals surface area contributed by atoms with Crippen LogP contribution in [0.15, 0.2) is 24.3 Å². The molecule has 0 aliphatic heterocycles. The molecule has 2 unspecified atom stereocenters. The molecule has 0 aromatic heterocycles. The minimum atomic E-state index is 0.298. The Hall–Kier alpha value is -0.900. The number of nitrogens with two attached hydrogens (primary N) is 1. The predicted molar refractivity (Wildman–Crippen MR) is 71.7 cm³/mol. The van der Waals surface area contributed by atoms with Crippen LogP contribution in [0.25, 0.3) is 0 Å². The van der Waals surface area contributed by atoms with Gasteiger partial charge in [-0.05, 0) is 31.2 Å². The third-order valence-corrected chi connectivity index (χ3v) is 3.22. The van der Waals surface area contributed by atoms with Crippen LogP contribution >= 0.6 is 0 Å². The number of rotatable bonds is 7. The quantitative estimate of drug-likeness (QED) is 0.562. The average molecular weight is 236 g/mol. The second kappa shape index (κ2) is 7.43. The number of hydrogen-bond acceptors (Lipinski definition) is 3. The summed E-state index contributed by atoms with van der Waals surface area (Å²) < 4.78 is 5.11. The van der Waals surface area contributed by atoms with E-state index in [1.165, 1.54) is 11.1 Å². The highest BCUT2D eigenvalue weighted by Gasteiger charge is 2.16. The molecule has 17 heavy (non-hydrogen) atoms. The Morgan fingerprint density at radius 2 is 2.18 bits per heavy atom. The van der Waals surface area contributed by atoms with Gasteiger partial charge in [0.25, 0.3) is 0 Å². The van der Waals surface area contributed by atoms with Gasteiger partial charge < -0.3 is 4.74 Å². The highest BCUT2D eigenvalue weighted by Crippen LogP contribution is 2.14. The van der Waals surface area contributed by atoms with Crippen molar-refractivity contribution >= 4 is 0 Å². The van der Waals surface area contributed by atoms with Crippen molar-refractivity contribution in [1.29, 1.82) is 0 Å². The van der Waals surface area contributed by atoms with Crippen molar-refractivity contribution in [2.75, 3.05) is 13.7 Å². The van der Waals surface area contributed by atoms with Gasteiger partial charge in [0.1, 0.15) is 0 Å². The molecule has 3 heteroatoms. The molecular weight excluding hydrogens is 212 g/mol. The first-order chi connectivity index (χ1) is 8.17. The Bertz CT molecular complexity index is 328. The van der Waals surface area contributed by atoms with E-state index in [-0.39, 0.29) is 0 Å². The van der Waals surface area contributed by atoms with Crippen LogP contribution in [-0.4, -0.2) is 19.8 Å². The fourth-order valence-electron chi connectivity index (χ4n) is 2.02. The van der Waals surface area contributed by atoms with Gasteiger partial charge in [-0.2, -0.15) is 0 Å². The maximum atomic E-state index is 5.64. The molecule has 2 atom stereocenters. The summed E-state index contributed by atoms with van der Waals surface area (Å²) in [6.45, 7) is 5.11. The summed E-state index contributed by atoms with van der Waals surface area (Å²) in [5.41, 5.74) is 5.55. The van der Waals surface area contributed by atoms with Crippen molar-refractivity contribution in [2.24, 2.45) is 11.8 Å². The number of ether oxygens (including phenoxy) is 1. The monoisotopic (exact) mass is 236 g/mol. The molecule has 1 rings (SSSR count). The highest BCUT2D eigenvalue weighted by atomic mass is 16.5. The zero-order valence-corrected chi connectivity index (χ0v) is 11.1. The van der Waals surface area contributed by atoms with Gasteiger partial charge in [0.15, 0.2) is 0 Å². The van der Waals surface area contributed by atoms with Gasteiger partial charge in [-0.25, -0.2) is 0 Å². The lowest BCUT2D eigenvalue weighted by Crippen LogP contribution is -2.41. The summed E-state index contributed by atoms with van der Waals surface area (Å²) in [7, 11) is 1.73. The first-order valence-electron chi connectivity index (χ1n) is 6.18. The van der Waals surface area contributed by atoms with E-state index in [1.807, 2.05) is 0 Å². The molecule has 0 spiro atoms. The van der Waals surface area contributed by atoms with Crippen molar-refractivity contribution < 1.29 is 4.74 Å². The number of methoxy groups -OCH3 is 1. The summed E-state index contributed by atoms with van der Waals surface area (Å²) in [6, 6.07) is 8.88. The smallest absolute Gasteiger partial charge is 0.0465 e. The number of hydrogen-bond donors (Lipinski definition) is 2. The van der Waals surface area contributed by atoms with E-state index >= 15 is 0 Å². The minimum Gasteiger partial charge on any atom is -0.385 e. The number of benzene rings is 1. The van der Waals surface area contributed by atoms with E-state index in [2.05, 4.69) is 43.5 Å². The zero-order valence-electron chi connectivity index (χ0n) is 11.1. The molecule has 0 aliphatic rings. The molecule has 0 fully saturated rings. The Morgan fingerprint density at radius 1 is 1.41 bits per heavy atom. The molecule has 0 saturated heterocycles. The van der Waals surface area contributed by atoms with Crippen molar-refractivity contribution in [3.63, 3.8) is 0 Å². The summed E-state index contributed by atoms with van der Waals surface area (Å²) in [5.74, 6) is 6.14. The van der Waals surface area contributed by atoms with Gasteiger partial charge in [-0.15, -0.1) is 0 Å². The molecule has 0 heterocycles. The third-order valence-electron chi connectivity index (χ3n) is 3.22. The largest absolute Gasteiger partial charge is 0.385 e. The fourth-order valence-corrected chi connectivity index (χ4v) is 2.02. The van der Waals surface area contributed by atoms with E-state index in [9.17, 15) is 0 Å². The molecule has 0 amide bonds. The normalized spacial score (nSPS) is 14.6. The maximum absolute atomic E-state index is 5.64. The highest BCUT2D eigenvalue weighted by molar-refractivity contribution is 5.23. The van der Waals surface area contributed by atoms with Crippen LogP contribution in [-0.2, 0) is 11.2 Å². The minimum absolute atomic E-state index is 0.298. The molecule has 0 saturated carbocycles. The van der Waals surface area contributed by atoms with Crippen LogP contribution in [0.3, 0.4) is 0 Å². The van der Waals surface area contributed by atoms with Gasteiger partial charge in [0, 0.05) is 19.8 Å². The lowest BCUT2D eigenvalue weighted by molar-refractivity contribution is 0.170. The Balaban J connectivity index is 2.56. The SMILES string of the molecule is COCCC(C)C(Cc1cccc(C)c1)NN. The maximum Gasteiger partial charge on any atom is 0.0465 e. The molecule has 3 nitrogen and oxygen atoms in total. The summed E-state index contributed by atoms with van der Waals surface area (Å²) in [4.78, 5) is 0. The van der Waals surface area contributed by atoms with Gasteiger partial charge in [-0.1, -0.05) is 36.8 Å². The van der Waals surface area contributed by atoms with Gasteiger partial charge in [0.05, 0.1) is 0 Å². The molecule has 96 valence electrons. The van der Waals surface area contributed by atoms with E-state index in [0.717, 1.165) is 19.4 Å².